The Balaban J connectivity index is 2.33. The van der Waals surface area contributed by atoms with Crippen molar-refractivity contribution in [2.45, 2.75) is 19.0 Å². The molecule has 0 aromatic carbocycles. The molecule has 7 heteroatoms. The minimum absolute atomic E-state index is 0.298. The average molecular weight is 268 g/mol. The lowest BCUT2D eigenvalue weighted by molar-refractivity contribution is -0.192. The van der Waals surface area contributed by atoms with Crippen LogP contribution in [0.15, 0.2) is 0 Å². The number of nitrogens with one attached hydrogen (secondary N) is 1. The molecular weight excluding hydrogens is 249 g/mol. The molecule has 4 nitrogen and oxygen atoms in total. The van der Waals surface area contributed by atoms with E-state index in [1.54, 1.807) is 0 Å². The van der Waals surface area contributed by atoms with Gasteiger partial charge in [0, 0.05) is 13.1 Å². The van der Waals surface area contributed by atoms with E-state index < -0.39 is 24.6 Å². The van der Waals surface area contributed by atoms with Crippen LogP contribution in [0, 0.1) is 11.8 Å². The number of hydrogen-bond acceptors (Lipinski definition) is 3. The Labute approximate surface area is 104 Å². The summed E-state index contributed by atoms with van der Waals surface area (Å²) in [6.45, 7) is 1.73. The van der Waals surface area contributed by atoms with Gasteiger partial charge in [-0.15, -0.1) is 0 Å². The van der Waals surface area contributed by atoms with Gasteiger partial charge in [0.15, 0.2) is 5.92 Å². The molecule has 18 heavy (non-hydrogen) atoms. The molecule has 0 aliphatic carbocycles. The maximum atomic E-state index is 12.4. The standard InChI is InChI=1S/C11H19F3N2O2/c1-16-4-2-3-8(7-16)5-15-6-9(10(17)18)11(12,13)14/h8-9,15H,2-7H2,1H3,(H,17,18). The highest BCUT2D eigenvalue weighted by atomic mass is 19.4. The van der Waals surface area contributed by atoms with Gasteiger partial charge in [-0.25, -0.2) is 0 Å². The Bertz CT molecular complexity index is 284. The Morgan fingerprint density at radius 1 is 1.56 bits per heavy atom. The van der Waals surface area contributed by atoms with Crippen molar-refractivity contribution in [1.82, 2.24) is 10.2 Å². The van der Waals surface area contributed by atoms with E-state index in [4.69, 9.17) is 5.11 Å². The predicted molar refractivity (Wildman–Crippen MR) is 60.3 cm³/mol. The van der Waals surface area contributed by atoms with E-state index in [1.165, 1.54) is 0 Å². The maximum Gasteiger partial charge on any atom is 0.403 e. The smallest absolute Gasteiger partial charge is 0.403 e. The number of alkyl halides is 3. The summed E-state index contributed by atoms with van der Waals surface area (Å²) in [4.78, 5) is 12.6. The van der Waals surface area contributed by atoms with Crippen molar-refractivity contribution in [3.63, 3.8) is 0 Å². The van der Waals surface area contributed by atoms with Crippen molar-refractivity contribution >= 4 is 5.97 Å². The second-order valence-electron chi connectivity index (χ2n) is 4.86. The third-order valence-corrected chi connectivity index (χ3v) is 3.20. The summed E-state index contributed by atoms with van der Waals surface area (Å²) in [6, 6.07) is 0. The molecule has 1 heterocycles. The minimum atomic E-state index is -4.69. The van der Waals surface area contributed by atoms with Crippen molar-refractivity contribution < 1.29 is 23.1 Å². The molecule has 0 saturated carbocycles. The summed E-state index contributed by atoms with van der Waals surface area (Å²) in [5.41, 5.74) is 0. The number of carboxylic acids is 1. The van der Waals surface area contributed by atoms with E-state index in [0.29, 0.717) is 12.5 Å². The molecular formula is C11H19F3N2O2. The Hall–Kier alpha value is -0.820. The monoisotopic (exact) mass is 268 g/mol. The number of likely N-dealkylation sites (tertiary alicyclic amines) is 1. The SMILES string of the molecule is CN1CCCC(CNCC(C(=O)O)C(F)(F)F)C1. The third kappa shape index (κ3) is 4.81. The van der Waals surface area contributed by atoms with E-state index in [2.05, 4.69) is 10.2 Å². The number of rotatable bonds is 5. The van der Waals surface area contributed by atoms with Crippen molar-refractivity contribution in [2.75, 3.05) is 33.2 Å². The molecule has 1 rings (SSSR count). The minimum Gasteiger partial charge on any atom is -0.481 e. The van der Waals surface area contributed by atoms with Gasteiger partial charge in [-0.05, 0) is 38.9 Å². The zero-order valence-electron chi connectivity index (χ0n) is 10.3. The first-order valence-electron chi connectivity index (χ1n) is 5.99. The van der Waals surface area contributed by atoms with Crippen LogP contribution in [0.2, 0.25) is 0 Å². The van der Waals surface area contributed by atoms with Gasteiger partial charge in [-0.2, -0.15) is 13.2 Å². The van der Waals surface area contributed by atoms with Crippen molar-refractivity contribution in [3.05, 3.63) is 0 Å². The zero-order valence-corrected chi connectivity index (χ0v) is 10.3. The summed E-state index contributed by atoms with van der Waals surface area (Å²) >= 11 is 0. The average Bonchev–Trinajstić information content (AvgIpc) is 2.22. The van der Waals surface area contributed by atoms with Crippen LogP contribution < -0.4 is 5.32 Å². The van der Waals surface area contributed by atoms with Gasteiger partial charge in [0.2, 0.25) is 0 Å². The van der Waals surface area contributed by atoms with Crippen molar-refractivity contribution in [1.29, 1.82) is 0 Å². The number of hydrogen-bond donors (Lipinski definition) is 2. The van der Waals surface area contributed by atoms with Crippen LogP contribution in [0.5, 0.6) is 0 Å². The molecule has 1 saturated heterocycles. The Kier molecular flexibility index (Phi) is 5.40. The number of halogens is 3. The lowest BCUT2D eigenvalue weighted by Gasteiger charge is -2.30. The van der Waals surface area contributed by atoms with Crippen LogP contribution in [0.1, 0.15) is 12.8 Å². The highest BCUT2D eigenvalue weighted by Gasteiger charge is 2.44. The van der Waals surface area contributed by atoms with Crippen LogP contribution in [0.3, 0.4) is 0 Å². The topological polar surface area (TPSA) is 52.6 Å². The van der Waals surface area contributed by atoms with Crippen LogP contribution in [-0.2, 0) is 4.79 Å². The van der Waals surface area contributed by atoms with Gasteiger partial charge in [-0.1, -0.05) is 0 Å². The Morgan fingerprint density at radius 2 is 2.22 bits per heavy atom. The highest BCUT2D eigenvalue weighted by Crippen LogP contribution is 2.26. The first-order chi connectivity index (χ1) is 8.30. The van der Waals surface area contributed by atoms with Gasteiger partial charge in [-0.3, -0.25) is 4.79 Å². The van der Waals surface area contributed by atoms with Crippen LogP contribution in [0.4, 0.5) is 13.2 Å². The normalized spacial score (nSPS) is 23.9. The first kappa shape index (κ1) is 15.2. The highest BCUT2D eigenvalue weighted by molar-refractivity contribution is 5.71. The summed E-state index contributed by atoms with van der Waals surface area (Å²) in [5.74, 6) is -3.85. The number of piperidine rings is 1. The molecule has 1 fully saturated rings. The van der Waals surface area contributed by atoms with Gasteiger partial charge in [0.05, 0.1) is 0 Å². The Morgan fingerprint density at radius 3 is 2.72 bits per heavy atom. The molecule has 106 valence electrons. The number of carboxylic acid groups (broad SMARTS) is 1. The molecule has 0 amide bonds. The number of carbonyl (C=O) groups is 1. The fraction of sp³-hybridized carbons (Fsp3) is 0.909. The van der Waals surface area contributed by atoms with Crippen molar-refractivity contribution in [2.24, 2.45) is 11.8 Å². The fourth-order valence-electron chi connectivity index (χ4n) is 2.21. The first-order valence-corrected chi connectivity index (χ1v) is 5.99. The molecule has 2 N–H and O–H groups in total. The number of aliphatic carboxylic acids is 1. The largest absolute Gasteiger partial charge is 0.481 e. The lowest BCUT2D eigenvalue weighted by atomic mass is 9.98. The van der Waals surface area contributed by atoms with Gasteiger partial charge >= 0.3 is 12.1 Å². The molecule has 1 aliphatic rings. The second-order valence-corrected chi connectivity index (χ2v) is 4.86. The van der Waals surface area contributed by atoms with E-state index in [1.807, 2.05) is 7.05 Å². The lowest BCUT2D eigenvalue weighted by Crippen LogP contribution is -2.42. The third-order valence-electron chi connectivity index (χ3n) is 3.20. The van der Waals surface area contributed by atoms with E-state index in [9.17, 15) is 18.0 Å². The molecule has 2 atom stereocenters. The van der Waals surface area contributed by atoms with E-state index >= 15 is 0 Å². The van der Waals surface area contributed by atoms with E-state index in [0.717, 1.165) is 25.9 Å². The van der Waals surface area contributed by atoms with Gasteiger partial charge in [0.25, 0.3) is 0 Å². The molecule has 0 radical (unpaired) electrons. The second kappa shape index (κ2) is 6.38. The van der Waals surface area contributed by atoms with Crippen LogP contribution >= 0.6 is 0 Å². The van der Waals surface area contributed by atoms with Crippen LogP contribution in [-0.4, -0.2) is 55.4 Å². The summed E-state index contributed by atoms with van der Waals surface area (Å²) in [6.07, 6.45) is -2.69. The maximum absolute atomic E-state index is 12.4. The summed E-state index contributed by atoms with van der Waals surface area (Å²) in [5, 5.41) is 11.2. The van der Waals surface area contributed by atoms with E-state index in [-0.39, 0.29) is 0 Å². The fourth-order valence-corrected chi connectivity index (χ4v) is 2.21. The summed E-state index contributed by atoms with van der Waals surface area (Å²) in [7, 11) is 1.97. The van der Waals surface area contributed by atoms with Gasteiger partial charge < -0.3 is 15.3 Å². The van der Waals surface area contributed by atoms with Crippen molar-refractivity contribution in [3.8, 4) is 0 Å². The molecule has 0 spiro atoms. The molecule has 1 aliphatic heterocycles. The molecule has 0 aromatic rings. The van der Waals surface area contributed by atoms with Gasteiger partial charge in [0.1, 0.15) is 0 Å². The zero-order chi connectivity index (χ0) is 13.8. The van der Waals surface area contributed by atoms with Crippen LogP contribution in [0.25, 0.3) is 0 Å². The molecule has 0 bridgehead atoms. The molecule has 2 unspecified atom stereocenters. The quantitative estimate of drug-likeness (QED) is 0.786. The number of nitrogens with zero attached hydrogens (tertiary/aromatic N) is 1. The predicted octanol–water partition coefficient (Wildman–Crippen LogP) is 1.18. The summed E-state index contributed by atoms with van der Waals surface area (Å²) < 4.78 is 37.1. The molecule has 0 aromatic heterocycles.